The number of para-hydroxylation sites is 1. The molecule has 0 atom stereocenters. The summed E-state index contributed by atoms with van der Waals surface area (Å²) in [6.45, 7) is 5.73. The van der Waals surface area contributed by atoms with E-state index in [1.54, 1.807) is 31.3 Å². The monoisotopic (exact) mass is 400 g/mol. The molecule has 3 aromatic rings. The summed E-state index contributed by atoms with van der Waals surface area (Å²) in [7, 11) is -0.846. The van der Waals surface area contributed by atoms with E-state index in [1.165, 1.54) is 11.4 Å². The fourth-order valence-electron chi connectivity index (χ4n) is 3.10. The van der Waals surface area contributed by atoms with Gasteiger partial charge in [0.2, 0.25) is 0 Å². The van der Waals surface area contributed by atoms with Gasteiger partial charge in [0.25, 0.3) is 10.0 Å². The first-order valence-electron chi connectivity index (χ1n) is 8.99. The van der Waals surface area contributed by atoms with E-state index in [4.69, 9.17) is 9.26 Å². The third kappa shape index (κ3) is 3.38. The predicted molar refractivity (Wildman–Crippen MR) is 109 cm³/mol. The zero-order valence-electron chi connectivity index (χ0n) is 16.7. The SMILES string of the molecule is CCc1ccccc1N(C)S(=O)(=O)c1cc(-c2onc(C)c2C)ccc1OC. The fourth-order valence-corrected chi connectivity index (χ4v) is 4.51. The van der Waals surface area contributed by atoms with Crippen LogP contribution in [0.2, 0.25) is 0 Å². The lowest BCUT2D eigenvalue weighted by molar-refractivity contribution is 0.402. The van der Waals surface area contributed by atoms with E-state index in [2.05, 4.69) is 5.16 Å². The van der Waals surface area contributed by atoms with Gasteiger partial charge in [0, 0.05) is 18.2 Å². The van der Waals surface area contributed by atoms with Crippen molar-refractivity contribution in [3.05, 3.63) is 59.3 Å². The average Bonchev–Trinajstić information content (AvgIpc) is 3.05. The van der Waals surface area contributed by atoms with Crippen molar-refractivity contribution in [3.63, 3.8) is 0 Å². The minimum atomic E-state index is -3.86. The Labute approximate surface area is 165 Å². The Morgan fingerprint density at radius 2 is 1.86 bits per heavy atom. The molecule has 28 heavy (non-hydrogen) atoms. The molecule has 7 heteroatoms. The molecular formula is C21H24N2O4S. The van der Waals surface area contributed by atoms with Gasteiger partial charge in [0.15, 0.2) is 5.76 Å². The molecule has 3 rings (SSSR count). The van der Waals surface area contributed by atoms with Crippen molar-refractivity contribution in [2.75, 3.05) is 18.5 Å². The molecule has 0 N–H and O–H groups in total. The number of hydrogen-bond acceptors (Lipinski definition) is 5. The first-order chi connectivity index (χ1) is 13.3. The normalized spacial score (nSPS) is 11.5. The molecule has 2 aromatic carbocycles. The molecule has 6 nitrogen and oxygen atoms in total. The highest BCUT2D eigenvalue weighted by Gasteiger charge is 2.27. The summed E-state index contributed by atoms with van der Waals surface area (Å²) in [5.74, 6) is 0.826. The Balaban J connectivity index is 2.15. The van der Waals surface area contributed by atoms with Crippen LogP contribution in [0.3, 0.4) is 0 Å². The van der Waals surface area contributed by atoms with Gasteiger partial charge >= 0.3 is 0 Å². The lowest BCUT2D eigenvalue weighted by Crippen LogP contribution is -2.28. The quantitative estimate of drug-likeness (QED) is 0.615. The number of sulfonamides is 1. The molecule has 148 valence electrons. The van der Waals surface area contributed by atoms with Gasteiger partial charge in [-0.25, -0.2) is 8.42 Å². The molecule has 1 heterocycles. The van der Waals surface area contributed by atoms with Crippen molar-refractivity contribution in [1.29, 1.82) is 0 Å². The maximum Gasteiger partial charge on any atom is 0.267 e. The van der Waals surface area contributed by atoms with E-state index in [1.807, 2.05) is 39.0 Å². The van der Waals surface area contributed by atoms with Crippen LogP contribution < -0.4 is 9.04 Å². The van der Waals surface area contributed by atoms with Gasteiger partial charge in [-0.05, 0) is 50.1 Å². The first-order valence-corrected chi connectivity index (χ1v) is 10.4. The van der Waals surface area contributed by atoms with Crippen LogP contribution in [0.15, 0.2) is 51.9 Å². The molecule has 0 aliphatic heterocycles. The van der Waals surface area contributed by atoms with E-state index >= 15 is 0 Å². The van der Waals surface area contributed by atoms with Crippen molar-refractivity contribution < 1.29 is 17.7 Å². The first kappa shape index (κ1) is 19.9. The molecule has 0 fully saturated rings. The molecule has 0 aliphatic rings. The molecular weight excluding hydrogens is 376 g/mol. The maximum absolute atomic E-state index is 13.5. The molecule has 0 spiro atoms. The van der Waals surface area contributed by atoms with Crippen molar-refractivity contribution in [3.8, 4) is 17.1 Å². The summed E-state index contributed by atoms with van der Waals surface area (Å²) in [5, 5.41) is 3.97. The van der Waals surface area contributed by atoms with Crippen LogP contribution in [0.1, 0.15) is 23.7 Å². The van der Waals surface area contributed by atoms with Gasteiger partial charge in [-0.2, -0.15) is 0 Å². The lowest BCUT2D eigenvalue weighted by atomic mass is 10.1. The number of nitrogens with zero attached hydrogens (tertiary/aromatic N) is 2. The highest BCUT2D eigenvalue weighted by molar-refractivity contribution is 7.93. The Morgan fingerprint density at radius 3 is 2.46 bits per heavy atom. The predicted octanol–water partition coefficient (Wildman–Crippen LogP) is 4.35. The van der Waals surface area contributed by atoms with E-state index in [9.17, 15) is 8.42 Å². The highest BCUT2D eigenvalue weighted by atomic mass is 32.2. The van der Waals surface area contributed by atoms with Crippen LogP contribution in [0.4, 0.5) is 5.69 Å². The number of methoxy groups -OCH3 is 1. The number of anilines is 1. The second-order valence-corrected chi connectivity index (χ2v) is 8.48. The summed E-state index contributed by atoms with van der Waals surface area (Å²) in [6, 6.07) is 12.4. The Kier molecular flexibility index (Phi) is 5.47. The summed E-state index contributed by atoms with van der Waals surface area (Å²) >= 11 is 0. The zero-order chi connectivity index (χ0) is 20.5. The number of hydrogen-bond donors (Lipinski definition) is 0. The van der Waals surface area contributed by atoms with Crippen LogP contribution in [0, 0.1) is 13.8 Å². The number of benzene rings is 2. The summed E-state index contributed by atoms with van der Waals surface area (Å²) in [6.07, 6.45) is 0.726. The smallest absolute Gasteiger partial charge is 0.267 e. The van der Waals surface area contributed by atoms with Gasteiger partial charge in [-0.1, -0.05) is 30.3 Å². The topological polar surface area (TPSA) is 72.6 Å². The lowest BCUT2D eigenvalue weighted by Gasteiger charge is -2.23. The third-order valence-corrected chi connectivity index (χ3v) is 6.73. The number of rotatable bonds is 6. The minimum absolute atomic E-state index is 0.0781. The van der Waals surface area contributed by atoms with Gasteiger partial charge in [0.1, 0.15) is 10.6 Å². The van der Waals surface area contributed by atoms with Crippen LogP contribution in [0.5, 0.6) is 5.75 Å². The number of ether oxygens (including phenoxy) is 1. The Bertz CT molecular complexity index is 1100. The van der Waals surface area contributed by atoms with Gasteiger partial charge in [0.05, 0.1) is 18.5 Å². The Morgan fingerprint density at radius 1 is 1.14 bits per heavy atom. The maximum atomic E-state index is 13.5. The minimum Gasteiger partial charge on any atom is -0.495 e. The van der Waals surface area contributed by atoms with Gasteiger partial charge in [-0.15, -0.1) is 0 Å². The largest absolute Gasteiger partial charge is 0.495 e. The third-order valence-electron chi connectivity index (χ3n) is 4.93. The van der Waals surface area contributed by atoms with Crippen molar-refractivity contribution in [2.45, 2.75) is 32.1 Å². The molecule has 0 radical (unpaired) electrons. The fraction of sp³-hybridized carbons (Fsp3) is 0.286. The van der Waals surface area contributed by atoms with Crippen LogP contribution in [0.25, 0.3) is 11.3 Å². The highest BCUT2D eigenvalue weighted by Crippen LogP contribution is 2.35. The second-order valence-electron chi connectivity index (χ2n) is 6.54. The molecule has 0 saturated heterocycles. The second kappa shape index (κ2) is 7.67. The van der Waals surface area contributed by atoms with Gasteiger partial charge in [-0.3, -0.25) is 4.31 Å². The number of aromatic nitrogens is 1. The Hall–Kier alpha value is -2.80. The van der Waals surface area contributed by atoms with E-state index in [-0.39, 0.29) is 10.6 Å². The molecule has 0 aliphatic carbocycles. The van der Waals surface area contributed by atoms with Crippen LogP contribution in [-0.2, 0) is 16.4 Å². The van der Waals surface area contributed by atoms with Crippen molar-refractivity contribution >= 4 is 15.7 Å². The standard InChI is InChI=1S/C21H24N2O4S/c1-6-16-9-7-8-10-18(16)23(4)28(24,25)20-13-17(11-12-19(20)26-5)21-14(2)15(3)22-27-21/h7-13H,6H2,1-5H3. The molecule has 0 saturated carbocycles. The molecule has 0 unspecified atom stereocenters. The van der Waals surface area contributed by atoms with Crippen LogP contribution in [-0.4, -0.2) is 27.7 Å². The van der Waals surface area contributed by atoms with E-state index < -0.39 is 10.0 Å². The van der Waals surface area contributed by atoms with E-state index in [0.717, 1.165) is 23.2 Å². The molecule has 0 bridgehead atoms. The average molecular weight is 401 g/mol. The van der Waals surface area contributed by atoms with E-state index in [0.29, 0.717) is 17.0 Å². The summed E-state index contributed by atoms with van der Waals surface area (Å²) in [5.41, 5.74) is 3.87. The van der Waals surface area contributed by atoms with Gasteiger partial charge < -0.3 is 9.26 Å². The number of aryl methyl sites for hydroxylation is 2. The zero-order valence-corrected chi connectivity index (χ0v) is 17.5. The van der Waals surface area contributed by atoms with Crippen molar-refractivity contribution in [2.24, 2.45) is 0 Å². The molecule has 0 amide bonds. The van der Waals surface area contributed by atoms with Crippen molar-refractivity contribution in [1.82, 2.24) is 5.16 Å². The summed E-state index contributed by atoms with van der Waals surface area (Å²) in [4.78, 5) is 0.0781. The van der Waals surface area contributed by atoms with Crippen LogP contribution >= 0.6 is 0 Å². The molecule has 1 aromatic heterocycles. The summed E-state index contributed by atoms with van der Waals surface area (Å²) < 4.78 is 39.0.